The fourth-order valence-electron chi connectivity index (χ4n) is 1.62. The topological polar surface area (TPSA) is 133 Å². The fraction of sp³-hybridized carbons (Fsp3) is 0.167. The number of halogens is 1. The normalized spacial score (nSPS) is 11.3. The van der Waals surface area contributed by atoms with Gasteiger partial charge in [0.1, 0.15) is 5.75 Å². The average molecular weight is 340 g/mol. The number of nitrogens with zero attached hydrogens (tertiary/aromatic N) is 5. The monoisotopic (exact) mass is 339 g/mol. The Morgan fingerprint density at radius 1 is 1.52 bits per heavy atom. The highest BCUT2D eigenvalue weighted by molar-refractivity contribution is 6.30. The van der Waals surface area contributed by atoms with E-state index in [0.29, 0.717) is 10.7 Å². The van der Waals surface area contributed by atoms with Crippen LogP contribution in [-0.4, -0.2) is 41.6 Å². The van der Waals surface area contributed by atoms with E-state index in [1.54, 1.807) is 6.92 Å². The maximum atomic E-state index is 11.9. The summed E-state index contributed by atoms with van der Waals surface area (Å²) in [5.41, 5.74) is 2.74. The largest absolute Gasteiger partial charge is 0.531 e. The molecule has 120 valence electrons. The lowest BCUT2D eigenvalue weighted by molar-refractivity contribution is -0.734. The van der Waals surface area contributed by atoms with Crippen LogP contribution in [0.25, 0.3) is 0 Å². The van der Waals surface area contributed by atoms with Crippen LogP contribution in [0.3, 0.4) is 0 Å². The highest BCUT2D eigenvalue weighted by atomic mass is 35.5. The van der Waals surface area contributed by atoms with E-state index in [1.165, 1.54) is 29.2 Å². The molecular weight excluding hydrogens is 328 g/mol. The van der Waals surface area contributed by atoms with E-state index >= 15 is 0 Å². The number of benzene rings is 1. The highest BCUT2D eigenvalue weighted by Crippen LogP contribution is 2.21. The maximum Gasteiger partial charge on any atom is 0.531 e. The Morgan fingerprint density at radius 2 is 2.26 bits per heavy atom. The summed E-state index contributed by atoms with van der Waals surface area (Å²) in [6.45, 7) is 1.74. The number of amides is 1. The smallest absolute Gasteiger partial charge is 0.507 e. The molecule has 0 spiro atoms. The predicted octanol–water partition coefficient (Wildman–Crippen LogP) is 1.24. The summed E-state index contributed by atoms with van der Waals surface area (Å²) in [6.07, 6.45) is 1.22. The first-order valence-corrected chi connectivity index (χ1v) is 6.62. The van der Waals surface area contributed by atoms with Crippen molar-refractivity contribution in [3.8, 4) is 5.75 Å². The van der Waals surface area contributed by atoms with Crippen LogP contribution in [0.15, 0.2) is 29.6 Å². The Labute approximate surface area is 134 Å². The average Bonchev–Trinajstić information content (AvgIpc) is 2.93. The molecule has 0 unspecified atom stereocenters. The van der Waals surface area contributed by atoms with Gasteiger partial charge in [-0.25, -0.2) is 5.43 Å². The first-order chi connectivity index (χ1) is 10.9. The quantitative estimate of drug-likeness (QED) is 0.554. The molecular formula is C12H12ClN6O4+. The van der Waals surface area contributed by atoms with Crippen molar-refractivity contribution < 1.29 is 20.0 Å². The fourth-order valence-corrected chi connectivity index (χ4v) is 1.79. The van der Waals surface area contributed by atoms with E-state index in [-0.39, 0.29) is 17.9 Å². The van der Waals surface area contributed by atoms with Crippen molar-refractivity contribution in [2.24, 2.45) is 5.10 Å². The van der Waals surface area contributed by atoms with Crippen LogP contribution in [0.1, 0.15) is 17.3 Å². The van der Waals surface area contributed by atoms with Crippen molar-refractivity contribution in [1.29, 1.82) is 0 Å². The van der Waals surface area contributed by atoms with Crippen molar-refractivity contribution in [3.05, 3.63) is 40.0 Å². The van der Waals surface area contributed by atoms with Crippen LogP contribution in [-0.2, 0) is 6.54 Å². The van der Waals surface area contributed by atoms with Crippen LogP contribution < -0.4 is 5.43 Å². The Kier molecular flexibility index (Phi) is 4.86. The molecule has 3 N–H and O–H groups in total. The molecule has 1 aromatic carbocycles. The van der Waals surface area contributed by atoms with E-state index in [2.05, 4.69) is 20.6 Å². The second-order valence-corrected chi connectivity index (χ2v) is 4.90. The zero-order valence-electron chi connectivity index (χ0n) is 11.8. The van der Waals surface area contributed by atoms with Crippen molar-refractivity contribution in [2.45, 2.75) is 13.5 Å². The molecule has 0 bridgehead atoms. The maximum absolute atomic E-state index is 11.9. The standard InChI is InChI=1S/C12H11ClN6O4/c1-7(5-18-6-14-12(17-18)19(22)23)15-16-11(21)9-3-2-8(13)4-10(9)20/h2-4,6H,5H2,1H3,(H2-,16,20,21,22,23)/p+1/b15-7+. The molecule has 0 saturated heterocycles. The van der Waals surface area contributed by atoms with Gasteiger partial charge in [-0.2, -0.15) is 9.78 Å². The summed E-state index contributed by atoms with van der Waals surface area (Å²) in [7, 11) is 0. The molecule has 0 saturated carbocycles. The van der Waals surface area contributed by atoms with Gasteiger partial charge in [0.2, 0.25) is 6.33 Å². The molecule has 10 nitrogen and oxygen atoms in total. The molecule has 0 fully saturated rings. The third-order valence-corrected chi connectivity index (χ3v) is 2.87. The summed E-state index contributed by atoms with van der Waals surface area (Å²) < 4.78 is 1.25. The zero-order valence-corrected chi connectivity index (χ0v) is 12.6. The SMILES string of the molecule is C/C(Cn1cnc([N+](=O)O)n1)=N\NC(=O)c1ccc(Cl)cc1O. The van der Waals surface area contributed by atoms with E-state index in [1.807, 2.05) is 0 Å². The van der Waals surface area contributed by atoms with Gasteiger partial charge in [0.05, 0.1) is 17.8 Å². The number of aromatic nitrogens is 3. The number of aromatic hydroxyl groups is 1. The number of hydrazone groups is 1. The summed E-state index contributed by atoms with van der Waals surface area (Å²) in [5.74, 6) is -1.28. The number of phenolic OH excluding ortho intramolecular Hbond substituents is 1. The van der Waals surface area contributed by atoms with E-state index < -0.39 is 16.8 Å². The molecule has 0 aliphatic carbocycles. The van der Waals surface area contributed by atoms with Gasteiger partial charge in [-0.05, 0) is 30.1 Å². The highest BCUT2D eigenvalue weighted by Gasteiger charge is 2.18. The lowest BCUT2D eigenvalue weighted by Gasteiger charge is -2.04. The van der Waals surface area contributed by atoms with Crippen molar-refractivity contribution in [2.75, 3.05) is 0 Å². The number of phenols is 1. The predicted molar refractivity (Wildman–Crippen MR) is 78.8 cm³/mol. The van der Waals surface area contributed by atoms with Gasteiger partial charge in [0.15, 0.2) is 4.92 Å². The van der Waals surface area contributed by atoms with E-state index in [9.17, 15) is 14.8 Å². The first kappa shape index (κ1) is 16.4. The van der Waals surface area contributed by atoms with Gasteiger partial charge in [0.25, 0.3) is 5.91 Å². The van der Waals surface area contributed by atoms with E-state index in [0.717, 1.165) is 0 Å². The molecule has 23 heavy (non-hydrogen) atoms. The third kappa shape index (κ3) is 4.23. The molecule has 0 aliphatic rings. The lowest BCUT2D eigenvalue weighted by atomic mass is 10.2. The molecule has 2 aromatic rings. The van der Waals surface area contributed by atoms with Gasteiger partial charge >= 0.3 is 5.95 Å². The Hall–Kier alpha value is -3.01. The molecule has 11 heteroatoms. The van der Waals surface area contributed by atoms with E-state index in [4.69, 9.17) is 16.8 Å². The second-order valence-electron chi connectivity index (χ2n) is 4.46. The van der Waals surface area contributed by atoms with Gasteiger partial charge in [-0.1, -0.05) is 16.5 Å². The van der Waals surface area contributed by atoms with Crippen LogP contribution in [0.2, 0.25) is 5.02 Å². The second kappa shape index (κ2) is 6.83. The minimum absolute atomic E-state index is 0.0243. The minimum Gasteiger partial charge on any atom is -0.507 e. The van der Waals surface area contributed by atoms with Crippen molar-refractivity contribution >= 4 is 29.2 Å². The summed E-state index contributed by atoms with van der Waals surface area (Å²) in [6, 6.07) is 4.08. The Balaban J connectivity index is 2.00. The molecule has 0 aliphatic heterocycles. The summed E-state index contributed by atoms with van der Waals surface area (Å²) in [4.78, 5) is 25.6. The molecule has 1 heterocycles. The van der Waals surface area contributed by atoms with Gasteiger partial charge in [-0.15, -0.1) is 0 Å². The van der Waals surface area contributed by atoms with Crippen LogP contribution in [0.4, 0.5) is 5.95 Å². The van der Waals surface area contributed by atoms with Gasteiger partial charge in [0, 0.05) is 10.1 Å². The van der Waals surface area contributed by atoms with Crippen molar-refractivity contribution in [3.63, 3.8) is 0 Å². The zero-order chi connectivity index (χ0) is 17.0. The lowest BCUT2D eigenvalue weighted by Crippen LogP contribution is -2.20. The number of hydrogen-bond acceptors (Lipinski definition) is 6. The Morgan fingerprint density at radius 3 is 2.87 bits per heavy atom. The van der Waals surface area contributed by atoms with Crippen LogP contribution in [0, 0.1) is 4.91 Å². The van der Waals surface area contributed by atoms with Gasteiger partial charge in [-0.3, -0.25) is 4.79 Å². The molecule has 0 atom stereocenters. The molecule has 0 radical (unpaired) electrons. The summed E-state index contributed by atoms with van der Waals surface area (Å²) in [5, 5.41) is 26.1. The number of carbonyl (C=O) groups excluding carboxylic acids is 1. The van der Waals surface area contributed by atoms with Crippen molar-refractivity contribution in [1.82, 2.24) is 20.2 Å². The Bertz CT molecular complexity index is 788. The third-order valence-electron chi connectivity index (χ3n) is 2.64. The molecule has 1 aromatic heterocycles. The number of rotatable bonds is 5. The number of hydrogen-bond donors (Lipinski definition) is 3. The summed E-state index contributed by atoms with van der Waals surface area (Å²) >= 11 is 5.69. The van der Waals surface area contributed by atoms with Crippen LogP contribution in [0.5, 0.6) is 5.75 Å². The first-order valence-electron chi connectivity index (χ1n) is 6.24. The minimum atomic E-state index is -0.612. The number of nitrogens with one attached hydrogen (secondary N) is 1. The van der Waals surface area contributed by atoms with Crippen LogP contribution >= 0.6 is 11.6 Å². The van der Waals surface area contributed by atoms with Gasteiger partial charge < -0.3 is 10.3 Å². The number of carbonyl (C=O) groups is 1. The molecule has 1 amide bonds. The molecule has 2 rings (SSSR count).